The van der Waals surface area contributed by atoms with Crippen molar-refractivity contribution in [1.29, 1.82) is 0 Å². The third-order valence-corrected chi connectivity index (χ3v) is 11.4. The van der Waals surface area contributed by atoms with Gasteiger partial charge in [-0.15, -0.1) is 0 Å². The van der Waals surface area contributed by atoms with E-state index >= 15 is 0 Å². The Bertz CT molecular complexity index is 649. The summed E-state index contributed by atoms with van der Waals surface area (Å²) in [5.41, 5.74) is 1.05. The normalized spacial score (nSPS) is 23.4. The van der Waals surface area contributed by atoms with Crippen LogP contribution in [0.15, 0.2) is 12.1 Å². The van der Waals surface area contributed by atoms with E-state index in [-0.39, 0.29) is 19.4 Å². The van der Waals surface area contributed by atoms with Gasteiger partial charge in [0.1, 0.15) is 12.5 Å². The highest BCUT2D eigenvalue weighted by Gasteiger charge is 2.26. The number of benzene rings is 1. The summed E-state index contributed by atoms with van der Waals surface area (Å²) in [5.74, 6) is 1.56. The van der Waals surface area contributed by atoms with E-state index in [0.717, 1.165) is 30.2 Å². The van der Waals surface area contributed by atoms with Crippen molar-refractivity contribution in [2.75, 3.05) is 0 Å². The number of alkyl halides is 1. The zero-order valence-electron chi connectivity index (χ0n) is 19.5. The maximum absolute atomic E-state index is 14.2. The third kappa shape index (κ3) is 7.56. The highest BCUT2D eigenvalue weighted by molar-refractivity contribution is 6.58. The van der Waals surface area contributed by atoms with E-state index < -0.39 is 12.5 Å². The Morgan fingerprint density at radius 3 is 2.16 bits per heavy atom. The average Bonchev–Trinajstić information content (AvgIpc) is 2.80. The topological polar surface area (TPSA) is 0 Å². The molecular formula is C27H42ClF2Si. The molecule has 2 fully saturated rings. The number of rotatable bonds is 11. The molecule has 0 aromatic heterocycles. The van der Waals surface area contributed by atoms with E-state index in [9.17, 15) is 8.78 Å². The summed E-state index contributed by atoms with van der Waals surface area (Å²) >= 11 is 5.85. The maximum Gasteiger partial charge on any atom is 0.147 e. The van der Waals surface area contributed by atoms with Crippen molar-refractivity contribution in [3.05, 3.63) is 34.1 Å². The van der Waals surface area contributed by atoms with Crippen molar-refractivity contribution in [2.45, 2.75) is 121 Å². The van der Waals surface area contributed by atoms with Gasteiger partial charge in [-0.3, -0.25) is 0 Å². The molecule has 2 aliphatic rings. The number of hydrogen-bond donors (Lipinski definition) is 0. The second-order valence-electron chi connectivity index (χ2n) is 10.2. The van der Waals surface area contributed by atoms with E-state index in [1.54, 1.807) is 24.2 Å². The van der Waals surface area contributed by atoms with Crippen LogP contribution >= 0.6 is 11.6 Å². The standard InChI is InChI=1S/C27H42ClF2Si/c1-2-3-6-17-31-18-15-22(16-19-31)8-5-4-7-21-9-11-23(12-10-21)24-13-14-26(28)27(30)25(24)20-29/h13-14,21-23H,2-12,15-20H2,1H3. The Morgan fingerprint density at radius 2 is 1.55 bits per heavy atom. The predicted molar refractivity (Wildman–Crippen MR) is 132 cm³/mol. The minimum absolute atomic E-state index is 0.00801. The fourth-order valence-electron chi connectivity index (χ4n) is 6.00. The first kappa shape index (κ1) is 25.2. The Kier molecular flexibility index (Phi) is 10.8. The molecule has 1 heterocycles. The van der Waals surface area contributed by atoms with Crippen molar-refractivity contribution in [2.24, 2.45) is 11.8 Å². The van der Waals surface area contributed by atoms with Crippen LogP contribution in [-0.4, -0.2) is 8.80 Å². The van der Waals surface area contributed by atoms with Crippen LogP contribution in [0.5, 0.6) is 0 Å². The van der Waals surface area contributed by atoms with E-state index in [0.29, 0.717) is 5.92 Å². The van der Waals surface area contributed by atoms with E-state index in [1.807, 2.05) is 6.07 Å². The van der Waals surface area contributed by atoms with Gasteiger partial charge in [0.15, 0.2) is 0 Å². The molecule has 0 N–H and O–H groups in total. The zero-order valence-corrected chi connectivity index (χ0v) is 21.3. The molecule has 3 rings (SSSR count). The highest BCUT2D eigenvalue weighted by atomic mass is 35.5. The largest absolute Gasteiger partial charge is 0.246 e. The first-order valence-corrected chi connectivity index (χ1v) is 15.5. The molecular weight excluding hydrogens is 426 g/mol. The first-order valence-electron chi connectivity index (χ1n) is 13.0. The number of halogens is 3. The monoisotopic (exact) mass is 467 g/mol. The number of unbranched alkanes of at least 4 members (excludes halogenated alkanes) is 3. The molecule has 0 nitrogen and oxygen atoms in total. The smallest absolute Gasteiger partial charge is 0.147 e. The Balaban J connectivity index is 1.30. The minimum atomic E-state index is -0.760. The summed E-state index contributed by atoms with van der Waals surface area (Å²) < 4.78 is 27.6. The molecule has 0 bridgehead atoms. The third-order valence-electron chi connectivity index (χ3n) is 8.07. The van der Waals surface area contributed by atoms with Crippen LogP contribution < -0.4 is 0 Å². The van der Waals surface area contributed by atoms with E-state index in [4.69, 9.17) is 11.6 Å². The molecule has 1 aliphatic heterocycles. The maximum atomic E-state index is 14.2. The quantitative estimate of drug-likeness (QED) is 0.224. The minimum Gasteiger partial charge on any atom is -0.246 e. The van der Waals surface area contributed by atoms with Crippen molar-refractivity contribution in [1.82, 2.24) is 0 Å². The molecule has 1 aliphatic carbocycles. The van der Waals surface area contributed by atoms with Gasteiger partial charge in [-0.25, -0.2) is 8.78 Å². The molecule has 175 valence electrons. The van der Waals surface area contributed by atoms with Gasteiger partial charge in [0.2, 0.25) is 0 Å². The van der Waals surface area contributed by atoms with Crippen LogP contribution in [0.3, 0.4) is 0 Å². The molecule has 0 amide bonds. The summed E-state index contributed by atoms with van der Waals surface area (Å²) in [5, 5.41) is 0.0387. The van der Waals surface area contributed by atoms with E-state index in [2.05, 4.69) is 6.92 Å². The molecule has 1 radical (unpaired) electrons. The summed E-state index contributed by atoms with van der Waals surface area (Å²) in [6, 6.07) is 8.18. The van der Waals surface area contributed by atoms with Crippen LogP contribution in [0.1, 0.15) is 107 Å². The van der Waals surface area contributed by atoms with Gasteiger partial charge in [-0.05, 0) is 55.1 Å². The molecule has 1 saturated carbocycles. The average molecular weight is 468 g/mol. The van der Waals surface area contributed by atoms with Gasteiger partial charge in [-0.2, -0.15) is 0 Å². The van der Waals surface area contributed by atoms with Gasteiger partial charge in [0.05, 0.1) is 5.02 Å². The Labute approximate surface area is 196 Å². The summed E-state index contributed by atoms with van der Waals surface area (Å²) in [7, 11) is 0.00801. The lowest BCUT2D eigenvalue weighted by Crippen LogP contribution is -2.21. The van der Waals surface area contributed by atoms with Gasteiger partial charge in [0.25, 0.3) is 0 Å². The van der Waals surface area contributed by atoms with Gasteiger partial charge in [-0.1, -0.05) is 101 Å². The Morgan fingerprint density at radius 1 is 0.903 bits per heavy atom. The molecule has 4 heteroatoms. The Hall–Kier alpha value is -0.413. The molecule has 1 saturated heterocycles. The molecule has 0 atom stereocenters. The van der Waals surface area contributed by atoms with Crippen LogP contribution in [0, 0.1) is 17.7 Å². The molecule has 0 spiro atoms. The highest BCUT2D eigenvalue weighted by Crippen LogP contribution is 2.41. The summed E-state index contributed by atoms with van der Waals surface area (Å²) in [6.45, 7) is 1.55. The van der Waals surface area contributed by atoms with Crippen molar-refractivity contribution in [3.63, 3.8) is 0 Å². The summed E-state index contributed by atoms with van der Waals surface area (Å²) in [4.78, 5) is 0. The van der Waals surface area contributed by atoms with Crippen LogP contribution in [-0.2, 0) is 6.67 Å². The first-order chi connectivity index (χ1) is 15.1. The molecule has 1 aromatic carbocycles. The summed E-state index contributed by atoms with van der Waals surface area (Å²) in [6.07, 6.45) is 17.4. The lowest BCUT2D eigenvalue weighted by Gasteiger charge is -2.30. The fourth-order valence-corrected chi connectivity index (χ4v) is 9.31. The van der Waals surface area contributed by atoms with E-state index in [1.165, 1.54) is 70.6 Å². The van der Waals surface area contributed by atoms with Crippen molar-refractivity contribution in [3.8, 4) is 0 Å². The van der Waals surface area contributed by atoms with Gasteiger partial charge >= 0.3 is 0 Å². The second kappa shape index (κ2) is 13.3. The van der Waals surface area contributed by atoms with Crippen LogP contribution in [0.4, 0.5) is 8.78 Å². The molecule has 1 aromatic rings. The fraction of sp³-hybridized carbons (Fsp3) is 0.778. The van der Waals surface area contributed by atoms with Crippen LogP contribution in [0.2, 0.25) is 23.2 Å². The van der Waals surface area contributed by atoms with Crippen LogP contribution in [0.25, 0.3) is 0 Å². The van der Waals surface area contributed by atoms with Gasteiger partial charge < -0.3 is 0 Å². The molecule has 0 unspecified atom stereocenters. The predicted octanol–water partition coefficient (Wildman–Crippen LogP) is 9.88. The lowest BCUT2D eigenvalue weighted by molar-refractivity contribution is 0.295. The molecule has 31 heavy (non-hydrogen) atoms. The second-order valence-corrected chi connectivity index (χ2v) is 13.6. The SMILES string of the molecule is CCCCC[Si]1CCC(CCCCC2CCC(c3ccc(Cl)c(F)c3CF)CC2)CC1. The van der Waals surface area contributed by atoms with Crippen molar-refractivity contribution < 1.29 is 8.78 Å². The number of hydrogen-bond acceptors (Lipinski definition) is 0. The van der Waals surface area contributed by atoms with Gasteiger partial charge in [0, 0.05) is 14.4 Å². The lowest BCUT2D eigenvalue weighted by atomic mass is 9.76. The van der Waals surface area contributed by atoms with Crippen molar-refractivity contribution >= 4 is 20.4 Å². The zero-order chi connectivity index (χ0) is 22.1.